The molecule has 61 heavy (non-hydrogen) atoms. The van der Waals surface area contributed by atoms with Crippen molar-refractivity contribution in [3.63, 3.8) is 0 Å². The summed E-state index contributed by atoms with van der Waals surface area (Å²) in [6.07, 6.45) is 0.435. The maximum Gasteiger partial charge on any atom is 0.408 e. The van der Waals surface area contributed by atoms with Gasteiger partial charge in [-0.2, -0.15) is 0 Å². The van der Waals surface area contributed by atoms with Crippen LogP contribution >= 0.6 is 0 Å². The van der Waals surface area contributed by atoms with Crippen LogP contribution in [-0.4, -0.2) is 85.2 Å². The van der Waals surface area contributed by atoms with E-state index in [0.717, 1.165) is 56.5 Å². The molecule has 0 saturated carbocycles. The number of aromatic amines is 2. The maximum atomic E-state index is 15.1. The van der Waals surface area contributed by atoms with Crippen LogP contribution in [0, 0.1) is 11.8 Å². The van der Waals surface area contributed by atoms with Crippen LogP contribution in [0.15, 0.2) is 48.5 Å². The Hall–Kier alpha value is -5.31. The molecule has 3 aromatic carbocycles. The number of H-pyrrole nitrogens is 2. The molecule has 1 aliphatic rings. The van der Waals surface area contributed by atoms with Crippen LogP contribution < -0.4 is 16.4 Å². The SMILES string of the molecule is CC(C)[C@H](NC(=O)OC(C)(C)C)C(=O)N1CC(F)(F)C[C@H]1c1nc2ccc(-c3ccc4c(ccc5[nH]c(C(CCCN)C[C@@H](NC(=O)OC(C)(C)C)C(C)C)nc54)c3)cc2[nH]1. The fourth-order valence-corrected chi connectivity index (χ4v) is 7.97. The first kappa shape index (κ1) is 45.2. The lowest BCUT2D eigenvalue weighted by Gasteiger charge is -2.30. The molecule has 0 aliphatic carbocycles. The zero-order chi connectivity index (χ0) is 44.6. The number of carbonyl (C=O) groups excluding carboxylic acids is 3. The molecule has 6 N–H and O–H groups in total. The van der Waals surface area contributed by atoms with Crippen molar-refractivity contribution in [1.29, 1.82) is 0 Å². The van der Waals surface area contributed by atoms with Gasteiger partial charge in [0, 0.05) is 23.8 Å². The fourth-order valence-electron chi connectivity index (χ4n) is 7.97. The van der Waals surface area contributed by atoms with E-state index in [2.05, 4.69) is 57.6 Å². The van der Waals surface area contributed by atoms with Crippen molar-refractivity contribution >= 4 is 50.9 Å². The third-order valence-corrected chi connectivity index (χ3v) is 11.0. The van der Waals surface area contributed by atoms with Gasteiger partial charge in [-0.1, -0.05) is 52.0 Å². The number of halogens is 2. The van der Waals surface area contributed by atoms with Crippen LogP contribution in [0.4, 0.5) is 18.4 Å². The van der Waals surface area contributed by atoms with Crippen LogP contribution in [0.3, 0.4) is 0 Å². The lowest BCUT2D eigenvalue weighted by atomic mass is 9.89. The van der Waals surface area contributed by atoms with Gasteiger partial charge in [0.1, 0.15) is 28.9 Å². The molecule has 330 valence electrons. The van der Waals surface area contributed by atoms with Crippen LogP contribution in [-0.2, 0) is 14.3 Å². The highest BCUT2D eigenvalue weighted by atomic mass is 19.3. The number of amides is 3. The molecule has 1 aliphatic heterocycles. The minimum atomic E-state index is -3.15. The van der Waals surface area contributed by atoms with Crippen molar-refractivity contribution < 1.29 is 32.6 Å². The van der Waals surface area contributed by atoms with Gasteiger partial charge in [0.25, 0.3) is 5.92 Å². The Morgan fingerprint density at radius 2 is 1.52 bits per heavy atom. The van der Waals surface area contributed by atoms with Crippen molar-refractivity contribution in [3.05, 3.63) is 60.2 Å². The summed E-state index contributed by atoms with van der Waals surface area (Å²) in [7, 11) is 0. The number of fused-ring (bicyclic) bond motifs is 4. The van der Waals surface area contributed by atoms with Crippen LogP contribution in [0.5, 0.6) is 0 Å². The van der Waals surface area contributed by atoms with Crippen LogP contribution in [0.25, 0.3) is 44.0 Å². The minimum Gasteiger partial charge on any atom is -0.444 e. The quantitative estimate of drug-likeness (QED) is 0.0777. The van der Waals surface area contributed by atoms with Crippen molar-refractivity contribution in [3.8, 4) is 11.1 Å². The number of imidazole rings is 2. The van der Waals surface area contributed by atoms with Gasteiger partial charge in [-0.05, 0) is 120 Å². The summed E-state index contributed by atoms with van der Waals surface area (Å²) in [5.41, 5.74) is 9.34. The highest BCUT2D eigenvalue weighted by Gasteiger charge is 2.50. The molecule has 6 rings (SSSR count). The van der Waals surface area contributed by atoms with E-state index in [9.17, 15) is 14.4 Å². The smallest absolute Gasteiger partial charge is 0.408 e. The van der Waals surface area contributed by atoms with Gasteiger partial charge in [-0.25, -0.2) is 28.3 Å². The average Bonchev–Trinajstić information content (AvgIpc) is 3.87. The topological polar surface area (TPSA) is 180 Å². The molecular weight excluding hydrogens is 783 g/mol. The number of aromatic nitrogens is 4. The molecule has 15 heteroatoms. The Bertz CT molecular complexity index is 2380. The third-order valence-electron chi connectivity index (χ3n) is 11.0. The number of rotatable bonds is 13. The predicted octanol–water partition coefficient (Wildman–Crippen LogP) is 9.48. The normalized spacial score (nSPS) is 17.3. The Balaban J connectivity index is 1.25. The standard InChI is InChI=1S/C46H62F2N8O5/c1-25(2)34(53-42(58)60-44(5,6)7)22-30(12-11-19-49)39-51-33-18-15-29-20-27(13-16-31(29)38(33)54-39)28-14-17-32-35(21-28)52-40(50-32)36-23-46(47,48)24-56(36)41(57)37(26(3)4)55-43(59)61-45(8,9)10/h13-18,20-21,25-26,30,34,36-37H,11-12,19,22-24,49H2,1-10H3,(H,50,52)(H,51,54)(H,53,58)(H,55,59)/t30?,34-,36+,37+/m1/s1. The first-order valence-electron chi connectivity index (χ1n) is 21.3. The van der Waals surface area contributed by atoms with E-state index in [0.29, 0.717) is 24.0 Å². The van der Waals surface area contributed by atoms with Gasteiger partial charge < -0.3 is 40.7 Å². The molecule has 4 atom stereocenters. The van der Waals surface area contributed by atoms with E-state index in [4.69, 9.17) is 20.2 Å². The van der Waals surface area contributed by atoms with E-state index in [1.54, 1.807) is 34.6 Å². The average molecular weight is 845 g/mol. The number of nitrogens with two attached hydrogens (primary N) is 1. The largest absolute Gasteiger partial charge is 0.444 e. The van der Waals surface area contributed by atoms with Crippen molar-refractivity contribution in [1.82, 2.24) is 35.5 Å². The Morgan fingerprint density at radius 1 is 0.869 bits per heavy atom. The number of hydrogen-bond donors (Lipinski definition) is 5. The number of alkyl carbamates (subject to hydrolysis) is 2. The number of alkyl halides is 2. The van der Waals surface area contributed by atoms with Crippen LogP contribution in [0.1, 0.15) is 119 Å². The second-order valence-electron chi connectivity index (χ2n) is 19.1. The molecule has 3 heterocycles. The zero-order valence-electron chi connectivity index (χ0n) is 37.0. The number of nitrogens with zero attached hydrogens (tertiary/aromatic N) is 3. The monoisotopic (exact) mass is 844 g/mol. The van der Waals surface area contributed by atoms with Gasteiger partial charge in [0.05, 0.1) is 34.7 Å². The van der Waals surface area contributed by atoms with Crippen molar-refractivity contribution in [2.75, 3.05) is 13.1 Å². The van der Waals surface area contributed by atoms with E-state index in [1.807, 2.05) is 51.1 Å². The number of benzene rings is 3. The molecule has 5 aromatic rings. The molecule has 0 spiro atoms. The molecule has 1 saturated heterocycles. The van der Waals surface area contributed by atoms with E-state index < -0.39 is 66.2 Å². The van der Waals surface area contributed by atoms with E-state index in [1.165, 1.54) is 0 Å². The summed E-state index contributed by atoms with van der Waals surface area (Å²) >= 11 is 0. The number of hydrogen-bond acceptors (Lipinski definition) is 8. The Labute approximate surface area is 356 Å². The summed E-state index contributed by atoms with van der Waals surface area (Å²) in [5, 5.41) is 7.66. The first-order chi connectivity index (χ1) is 28.5. The Kier molecular flexibility index (Phi) is 13.0. The Morgan fingerprint density at radius 3 is 2.16 bits per heavy atom. The summed E-state index contributed by atoms with van der Waals surface area (Å²) in [4.78, 5) is 57.0. The lowest BCUT2D eigenvalue weighted by molar-refractivity contribution is -0.136. The molecule has 1 fully saturated rings. The van der Waals surface area contributed by atoms with Crippen molar-refractivity contribution in [2.24, 2.45) is 17.6 Å². The molecule has 13 nitrogen and oxygen atoms in total. The van der Waals surface area contributed by atoms with Gasteiger partial charge in [-0.15, -0.1) is 0 Å². The van der Waals surface area contributed by atoms with Gasteiger partial charge in [-0.3, -0.25) is 4.79 Å². The fraction of sp³-hybridized carbons (Fsp3) is 0.543. The third kappa shape index (κ3) is 11.0. The summed E-state index contributed by atoms with van der Waals surface area (Å²) in [5.74, 6) is -2.90. The maximum absolute atomic E-state index is 15.1. The van der Waals surface area contributed by atoms with Crippen molar-refractivity contribution in [2.45, 2.75) is 136 Å². The lowest BCUT2D eigenvalue weighted by Crippen LogP contribution is -2.52. The van der Waals surface area contributed by atoms with Gasteiger partial charge >= 0.3 is 12.2 Å². The molecule has 2 aromatic heterocycles. The molecule has 1 unspecified atom stereocenters. The minimum absolute atomic E-state index is 0.0184. The highest BCUT2D eigenvalue weighted by Crippen LogP contribution is 2.42. The molecule has 0 bridgehead atoms. The molecule has 3 amide bonds. The highest BCUT2D eigenvalue weighted by molar-refractivity contribution is 6.05. The number of likely N-dealkylation sites (tertiary alicyclic amines) is 1. The summed E-state index contributed by atoms with van der Waals surface area (Å²) < 4.78 is 41.1. The second-order valence-corrected chi connectivity index (χ2v) is 19.1. The molecular formula is C46H62F2N8O5. The van der Waals surface area contributed by atoms with Gasteiger partial charge in [0.2, 0.25) is 5.91 Å². The summed E-state index contributed by atoms with van der Waals surface area (Å²) in [6.45, 7) is 18.1. The molecule has 0 radical (unpaired) electrons. The first-order valence-corrected chi connectivity index (χ1v) is 21.3. The number of carbonyl (C=O) groups is 3. The second kappa shape index (κ2) is 17.6. The zero-order valence-corrected chi connectivity index (χ0v) is 37.0. The summed E-state index contributed by atoms with van der Waals surface area (Å²) in [6, 6.07) is 13.7. The van der Waals surface area contributed by atoms with E-state index >= 15 is 8.78 Å². The van der Waals surface area contributed by atoms with Gasteiger partial charge in [0.15, 0.2) is 0 Å². The number of nitrogens with one attached hydrogen (secondary N) is 4. The predicted molar refractivity (Wildman–Crippen MR) is 234 cm³/mol. The number of ether oxygens (including phenoxy) is 2. The van der Waals surface area contributed by atoms with Crippen LogP contribution in [0.2, 0.25) is 0 Å². The van der Waals surface area contributed by atoms with E-state index in [-0.39, 0.29) is 23.7 Å².